The van der Waals surface area contributed by atoms with Crippen molar-refractivity contribution in [3.63, 3.8) is 0 Å². The molecule has 3 heterocycles. The lowest BCUT2D eigenvalue weighted by molar-refractivity contribution is -0.137. The van der Waals surface area contributed by atoms with Gasteiger partial charge in [-0.2, -0.15) is 18.3 Å². The monoisotopic (exact) mass is 400 g/mol. The van der Waals surface area contributed by atoms with Crippen molar-refractivity contribution >= 4 is 16.9 Å². The summed E-state index contributed by atoms with van der Waals surface area (Å²) in [7, 11) is 0. The maximum atomic E-state index is 12.9. The third-order valence-corrected chi connectivity index (χ3v) is 5.18. The molecule has 0 saturated carbocycles. The molecule has 150 valence electrons. The summed E-state index contributed by atoms with van der Waals surface area (Å²) >= 11 is 0. The number of piperidine rings is 1. The SMILES string of the molecule is C=CC(=O)N1CCCC(n2nc(-c3ccc(C(F)(F)F)cc3)c3cccnc32)C1. The molecule has 0 spiro atoms. The molecule has 0 N–H and O–H groups in total. The lowest BCUT2D eigenvalue weighted by Gasteiger charge is -2.32. The summed E-state index contributed by atoms with van der Waals surface area (Å²) in [5.41, 5.74) is 1.12. The Morgan fingerprint density at radius 2 is 1.97 bits per heavy atom. The zero-order valence-electron chi connectivity index (χ0n) is 15.6. The normalized spacial score (nSPS) is 17.5. The van der Waals surface area contributed by atoms with Crippen LogP contribution in [0, 0.1) is 0 Å². The first kappa shape index (κ1) is 19.2. The first-order valence-electron chi connectivity index (χ1n) is 9.30. The number of nitrogens with zero attached hydrogens (tertiary/aromatic N) is 4. The fourth-order valence-corrected chi connectivity index (χ4v) is 3.74. The topological polar surface area (TPSA) is 51.0 Å². The Hall–Kier alpha value is -3.16. The first-order valence-corrected chi connectivity index (χ1v) is 9.30. The van der Waals surface area contributed by atoms with Crippen LogP contribution in [0.1, 0.15) is 24.4 Å². The zero-order chi connectivity index (χ0) is 20.6. The summed E-state index contributed by atoms with van der Waals surface area (Å²) in [5.74, 6) is -0.123. The molecule has 1 amide bonds. The van der Waals surface area contributed by atoms with Crippen molar-refractivity contribution in [3.8, 4) is 11.3 Å². The molecule has 5 nitrogen and oxygen atoms in total. The molecule has 1 saturated heterocycles. The fraction of sp³-hybridized carbons (Fsp3) is 0.286. The van der Waals surface area contributed by atoms with E-state index >= 15 is 0 Å². The average molecular weight is 400 g/mol. The highest BCUT2D eigenvalue weighted by atomic mass is 19.4. The third kappa shape index (κ3) is 3.62. The minimum absolute atomic E-state index is 0.0618. The minimum Gasteiger partial charge on any atom is -0.337 e. The van der Waals surface area contributed by atoms with Crippen LogP contribution in [-0.2, 0) is 11.0 Å². The van der Waals surface area contributed by atoms with Gasteiger partial charge < -0.3 is 4.90 Å². The van der Waals surface area contributed by atoms with E-state index in [9.17, 15) is 18.0 Å². The van der Waals surface area contributed by atoms with Crippen LogP contribution in [0.15, 0.2) is 55.3 Å². The number of alkyl halides is 3. The predicted octanol–water partition coefficient (Wildman–Crippen LogP) is 4.47. The van der Waals surface area contributed by atoms with Crippen LogP contribution in [0.4, 0.5) is 13.2 Å². The van der Waals surface area contributed by atoms with Crippen molar-refractivity contribution in [2.75, 3.05) is 13.1 Å². The van der Waals surface area contributed by atoms with E-state index in [1.807, 2.05) is 6.07 Å². The molecule has 1 aromatic carbocycles. The highest BCUT2D eigenvalue weighted by Crippen LogP contribution is 2.34. The van der Waals surface area contributed by atoms with E-state index in [1.54, 1.807) is 21.8 Å². The van der Waals surface area contributed by atoms with Crippen LogP contribution in [0.3, 0.4) is 0 Å². The summed E-state index contributed by atoms with van der Waals surface area (Å²) in [6.07, 6.45) is 0.238. The molecule has 0 aliphatic carbocycles. The highest BCUT2D eigenvalue weighted by Gasteiger charge is 2.31. The van der Waals surface area contributed by atoms with Crippen molar-refractivity contribution in [3.05, 3.63) is 60.8 Å². The van der Waals surface area contributed by atoms with Crippen LogP contribution in [0.25, 0.3) is 22.3 Å². The van der Waals surface area contributed by atoms with Gasteiger partial charge >= 0.3 is 6.18 Å². The highest BCUT2D eigenvalue weighted by molar-refractivity contribution is 5.91. The van der Waals surface area contributed by atoms with Gasteiger partial charge in [0.2, 0.25) is 5.91 Å². The molecule has 1 unspecified atom stereocenters. The number of carbonyl (C=O) groups is 1. The number of aromatic nitrogens is 3. The number of carbonyl (C=O) groups excluding carboxylic acids is 1. The summed E-state index contributed by atoms with van der Waals surface area (Å²) in [6, 6.07) is 8.54. The summed E-state index contributed by atoms with van der Waals surface area (Å²) in [6.45, 7) is 4.70. The number of hydrogen-bond acceptors (Lipinski definition) is 3. The van der Waals surface area contributed by atoms with Gasteiger partial charge in [-0.3, -0.25) is 4.79 Å². The van der Waals surface area contributed by atoms with Gasteiger partial charge in [-0.25, -0.2) is 9.67 Å². The molecule has 29 heavy (non-hydrogen) atoms. The average Bonchev–Trinajstić information content (AvgIpc) is 3.12. The second-order valence-electron chi connectivity index (χ2n) is 7.03. The Morgan fingerprint density at radius 1 is 1.21 bits per heavy atom. The van der Waals surface area contributed by atoms with Gasteiger partial charge in [-0.1, -0.05) is 18.7 Å². The van der Waals surface area contributed by atoms with Crippen molar-refractivity contribution in [1.82, 2.24) is 19.7 Å². The maximum absolute atomic E-state index is 12.9. The smallest absolute Gasteiger partial charge is 0.337 e. The first-order chi connectivity index (χ1) is 13.9. The minimum atomic E-state index is -4.38. The Labute approximate surface area is 165 Å². The zero-order valence-corrected chi connectivity index (χ0v) is 15.6. The van der Waals surface area contributed by atoms with Crippen LogP contribution in [0.5, 0.6) is 0 Å². The fourth-order valence-electron chi connectivity index (χ4n) is 3.74. The molecule has 1 aliphatic heterocycles. The quantitative estimate of drug-likeness (QED) is 0.610. The Morgan fingerprint density at radius 3 is 2.66 bits per heavy atom. The van der Waals surface area contributed by atoms with Crippen molar-refractivity contribution in [1.29, 1.82) is 0 Å². The molecular weight excluding hydrogens is 381 g/mol. The van der Waals surface area contributed by atoms with Crippen molar-refractivity contribution in [2.24, 2.45) is 0 Å². The van der Waals surface area contributed by atoms with E-state index in [2.05, 4.69) is 11.6 Å². The molecule has 8 heteroatoms. The van der Waals surface area contributed by atoms with Crippen LogP contribution in [-0.4, -0.2) is 38.7 Å². The van der Waals surface area contributed by atoms with Crippen LogP contribution < -0.4 is 0 Å². The van der Waals surface area contributed by atoms with E-state index in [-0.39, 0.29) is 11.9 Å². The van der Waals surface area contributed by atoms with E-state index in [0.717, 1.165) is 30.4 Å². The van der Waals surface area contributed by atoms with E-state index in [4.69, 9.17) is 5.10 Å². The number of likely N-dealkylation sites (tertiary alicyclic amines) is 1. The molecule has 1 aliphatic rings. The number of amides is 1. The standard InChI is InChI=1S/C21H19F3N4O/c1-2-18(29)27-12-4-5-16(13-27)28-20-17(6-3-11-25-20)19(26-28)14-7-9-15(10-8-14)21(22,23)24/h2-3,6-11,16H,1,4-5,12-13H2. The number of hydrogen-bond donors (Lipinski definition) is 0. The van der Waals surface area contributed by atoms with Crippen molar-refractivity contribution < 1.29 is 18.0 Å². The molecule has 0 bridgehead atoms. The van der Waals surface area contributed by atoms with Gasteiger partial charge in [0.25, 0.3) is 0 Å². The maximum Gasteiger partial charge on any atom is 0.416 e. The second-order valence-corrected chi connectivity index (χ2v) is 7.03. The predicted molar refractivity (Wildman–Crippen MR) is 103 cm³/mol. The summed E-state index contributed by atoms with van der Waals surface area (Å²) in [4.78, 5) is 18.2. The van der Waals surface area contributed by atoms with Crippen molar-refractivity contribution in [2.45, 2.75) is 25.1 Å². The van der Waals surface area contributed by atoms with E-state index in [1.165, 1.54) is 18.2 Å². The number of rotatable bonds is 3. The van der Waals surface area contributed by atoms with Gasteiger partial charge in [-0.15, -0.1) is 0 Å². The van der Waals surface area contributed by atoms with Gasteiger partial charge in [0, 0.05) is 30.2 Å². The van der Waals surface area contributed by atoms with E-state index < -0.39 is 11.7 Å². The molecule has 3 aromatic rings. The van der Waals surface area contributed by atoms with Gasteiger partial charge in [0.05, 0.1) is 11.6 Å². The van der Waals surface area contributed by atoms with Gasteiger partial charge in [0.1, 0.15) is 5.69 Å². The van der Waals surface area contributed by atoms with Crippen LogP contribution in [0.2, 0.25) is 0 Å². The lowest BCUT2D eigenvalue weighted by Crippen LogP contribution is -2.40. The Bertz CT molecular complexity index is 1060. The van der Waals surface area contributed by atoms with E-state index in [0.29, 0.717) is 30.0 Å². The largest absolute Gasteiger partial charge is 0.416 e. The Kier molecular flexibility index (Phi) is 4.86. The number of pyridine rings is 1. The van der Waals surface area contributed by atoms with Gasteiger partial charge in [-0.05, 0) is 43.2 Å². The Balaban J connectivity index is 1.74. The summed E-state index contributed by atoms with van der Waals surface area (Å²) < 4.78 is 40.4. The van der Waals surface area contributed by atoms with Crippen LogP contribution >= 0.6 is 0 Å². The number of benzene rings is 1. The third-order valence-electron chi connectivity index (χ3n) is 5.18. The summed E-state index contributed by atoms with van der Waals surface area (Å²) in [5, 5.41) is 5.47. The molecule has 1 atom stereocenters. The molecule has 4 rings (SSSR count). The second kappa shape index (κ2) is 7.35. The molecule has 1 fully saturated rings. The molecule has 0 radical (unpaired) electrons. The lowest BCUT2D eigenvalue weighted by atomic mass is 10.1. The molecular formula is C21H19F3N4O. The number of halogens is 3. The van der Waals surface area contributed by atoms with Gasteiger partial charge in [0.15, 0.2) is 5.65 Å². The number of fused-ring (bicyclic) bond motifs is 1. The molecule has 2 aromatic heterocycles.